The molecule has 0 bridgehead atoms. The molecular formula is C13H30N2. The molecule has 0 heterocycles. The number of rotatable bonds is 7. The molecule has 0 saturated heterocycles. The minimum Gasteiger partial charge on any atom is -0.312 e. The highest BCUT2D eigenvalue weighted by atomic mass is 15.1. The third-order valence-electron chi connectivity index (χ3n) is 2.50. The second-order valence-electron chi connectivity index (χ2n) is 5.85. The van der Waals surface area contributed by atoms with Gasteiger partial charge >= 0.3 is 0 Å². The van der Waals surface area contributed by atoms with Gasteiger partial charge in [0, 0.05) is 12.1 Å². The fourth-order valence-corrected chi connectivity index (χ4v) is 1.60. The Labute approximate surface area is 96.4 Å². The fourth-order valence-electron chi connectivity index (χ4n) is 1.60. The van der Waals surface area contributed by atoms with Crippen molar-refractivity contribution in [2.24, 2.45) is 5.92 Å². The molecule has 0 radical (unpaired) electrons. The summed E-state index contributed by atoms with van der Waals surface area (Å²) in [4.78, 5) is 2.44. The first-order valence-electron chi connectivity index (χ1n) is 6.28. The van der Waals surface area contributed by atoms with Crippen molar-refractivity contribution in [2.75, 3.05) is 26.7 Å². The Hall–Kier alpha value is -0.0800. The van der Waals surface area contributed by atoms with Gasteiger partial charge in [-0.2, -0.15) is 0 Å². The van der Waals surface area contributed by atoms with Gasteiger partial charge in [0.05, 0.1) is 0 Å². The van der Waals surface area contributed by atoms with Gasteiger partial charge in [0.25, 0.3) is 0 Å². The van der Waals surface area contributed by atoms with E-state index >= 15 is 0 Å². The molecule has 0 aliphatic carbocycles. The Balaban J connectivity index is 3.59. The number of hydrogen-bond donors (Lipinski definition) is 1. The van der Waals surface area contributed by atoms with E-state index in [0.29, 0.717) is 0 Å². The molecule has 0 aromatic rings. The minimum atomic E-state index is 0.246. The van der Waals surface area contributed by atoms with Crippen molar-refractivity contribution in [3.05, 3.63) is 0 Å². The van der Waals surface area contributed by atoms with Gasteiger partial charge in [0.2, 0.25) is 0 Å². The molecule has 0 rings (SSSR count). The van der Waals surface area contributed by atoms with E-state index in [-0.39, 0.29) is 5.54 Å². The van der Waals surface area contributed by atoms with Gasteiger partial charge in [-0.05, 0) is 53.2 Å². The van der Waals surface area contributed by atoms with Crippen molar-refractivity contribution >= 4 is 0 Å². The number of nitrogens with one attached hydrogen (secondary N) is 1. The van der Waals surface area contributed by atoms with Crippen LogP contribution in [0.5, 0.6) is 0 Å². The predicted octanol–water partition coefficient (Wildman–Crippen LogP) is 2.74. The fraction of sp³-hybridized carbons (Fsp3) is 1.00. The molecule has 0 aromatic carbocycles. The van der Waals surface area contributed by atoms with Gasteiger partial charge in [-0.25, -0.2) is 0 Å². The van der Waals surface area contributed by atoms with Crippen molar-refractivity contribution in [2.45, 2.75) is 53.0 Å². The van der Waals surface area contributed by atoms with Crippen LogP contribution >= 0.6 is 0 Å². The smallest absolute Gasteiger partial charge is 0.00966 e. The topological polar surface area (TPSA) is 15.3 Å². The third kappa shape index (κ3) is 10.2. The first kappa shape index (κ1) is 14.9. The summed E-state index contributed by atoms with van der Waals surface area (Å²) in [6, 6.07) is 0. The highest BCUT2D eigenvalue weighted by molar-refractivity contribution is 4.72. The summed E-state index contributed by atoms with van der Waals surface area (Å²) in [5.74, 6) is 0.728. The molecule has 0 amide bonds. The van der Waals surface area contributed by atoms with Gasteiger partial charge in [0.1, 0.15) is 0 Å². The van der Waals surface area contributed by atoms with Crippen LogP contribution in [0.25, 0.3) is 0 Å². The number of hydrogen-bond acceptors (Lipinski definition) is 2. The monoisotopic (exact) mass is 214 g/mol. The maximum Gasteiger partial charge on any atom is 0.00966 e. The SMILES string of the molecule is CCCCN(C)CC(C)CNC(C)(C)C. The van der Waals surface area contributed by atoms with Gasteiger partial charge in [-0.1, -0.05) is 20.3 Å². The van der Waals surface area contributed by atoms with Crippen molar-refractivity contribution in [3.8, 4) is 0 Å². The van der Waals surface area contributed by atoms with Crippen LogP contribution in [0.15, 0.2) is 0 Å². The Morgan fingerprint density at radius 1 is 1.27 bits per heavy atom. The van der Waals surface area contributed by atoms with Crippen LogP contribution in [0.1, 0.15) is 47.5 Å². The van der Waals surface area contributed by atoms with Gasteiger partial charge in [-0.15, -0.1) is 0 Å². The zero-order valence-electron chi connectivity index (χ0n) is 11.6. The van der Waals surface area contributed by atoms with Crippen molar-refractivity contribution in [3.63, 3.8) is 0 Å². The first-order chi connectivity index (χ1) is 6.85. The summed E-state index contributed by atoms with van der Waals surface area (Å²) in [6.07, 6.45) is 2.61. The van der Waals surface area contributed by atoms with Crippen LogP contribution < -0.4 is 5.32 Å². The Morgan fingerprint density at radius 3 is 2.33 bits per heavy atom. The molecule has 1 N–H and O–H groups in total. The molecule has 0 aliphatic rings. The summed E-state index contributed by atoms with van der Waals surface area (Å²) in [6.45, 7) is 14.8. The molecule has 15 heavy (non-hydrogen) atoms. The van der Waals surface area contributed by atoms with Crippen LogP contribution in [-0.2, 0) is 0 Å². The van der Waals surface area contributed by atoms with Crippen LogP contribution in [0.2, 0.25) is 0 Å². The van der Waals surface area contributed by atoms with Crippen LogP contribution in [0, 0.1) is 5.92 Å². The first-order valence-corrected chi connectivity index (χ1v) is 6.28. The van der Waals surface area contributed by atoms with Crippen molar-refractivity contribution in [1.29, 1.82) is 0 Å². The third-order valence-corrected chi connectivity index (χ3v) is 2.50. The average molecular weight is 214 g/mol. The van der Waals surface area contributed by atoms with E-state index in [1.807, 2.05) is 0 Å². The van der Waals surface area contributed by atoms with E-state index in [1.54, 1.807) is 0 Å². The second kappa shape index (κ2) is 7.24. The van der Waals surface area contributed by atoms with E-state index in [4.69, 9.17) is 0 Å². The molecule has 0 fully saturated rings. The normalized spacial score (nSPS) is 14.6. The van der Waals surface area contributed by atoms with Crippen molar-refractivity contribution < 1.29 is 0 Å². The van der Waals surface area contributed by atoms with Crippen LogP contribution in [0.3, 0.4) is 0 Å². The van der Waals surface area contributed by atoms with E-state index < -0.39 is 0 Å². The van der Waals surface area contributed by atoms with E-state index in [2.05, 4.69) is 51.9 Å². The summed E-state index contributed by atoms with van der Waals surface area (Å²) in [5, 5.41) is 3.56. The second-order valence-corrected chi connectivity index (χ2v) is 5.85. The average Bonchev–Trinajstić information content (AvgIpc) is 2.10. The largest absolute Gasteiger partial charge is 0.312 e. The maximum absolute atomic E-state index is 3.56. The van der Waals surface area contributed by atoms with Crippen LogP contribution in [-0.4, -0.2) is 37.1 Å². The number of nitrogens with zero attached hydrogens (tertiary/aromatic N) is 1. The Morgan fingerprint density at radius 2 is 1.87 bits per heavy atom. The Kier molecular flexibility index (Phi) is 7.20. The molecule has 1 atom stereocenters. The summed E-state index contributed by atoms with van der Waals surface area (Å²) >= 11 is 0. The maximum atomic E-state index is 3.56. The van der Waals surface area contributed by atoms with E-state index in [0.717, 1.165) is 12.5 Å². The molecular weight excluding hydrogens is 184 g/mol. The minimum absolute atomic E-state index is 0.246. The lowest BCUT2D eigenvalue weighted by Gasteiger charge is -2.26. The Bertz CT molecular complexity index is 149. The summed E-state index contributed by atoms with van der Waals surface area (Å²) in [7, 11) is 2.23. The van der Waals surface area contributed by atoms with E-state index in [9.17, 15) is 0 Å². The summed E-state index contributed by atoms with van der Waals surface area (Å²) < 4.78 is 0. The van der Waals surface area contributed by atoms with Crippen LogP contribution in [0.4, 0.5) is 0 Å². The van der Waals surface area contributed by atoms with Crippen molar-refractivity contribution in [1.82, 2.24) is 10.2 Å². The lowest BCUT2D eigenvalue weighted by Crippen LogP contribution is -2.41. The quantitative estimate of drug-likeness (QED) is 0.701. The van der Waals surface area contributed by atoms with Gasteiger partial charge in [0.15, 0.2) is 0 Å². The molecule has 0 aromatic heterocycles. The standard InChI is InChI=1S/C13H30N2/c1-7-8-9-15(6)11-12(2)10-14-13(3,4)5/h12,14H,7-11H2,1-6H3. The molecule has 0 spiro atoms. The predicted molar refractivity (Wildman–Crippen MR) is 69.3 cm³/mol. The highest BCUT2D eigenvalue weighted by Gasteiger charge is 2.12. The van der Waals surface area contributed by atoms with E-state index in [1.165, 1.54) is 25.9 Å². The zero-order chi connectivity index (χ0) is 11.9. The molecule has 0 saturated carbocycles. The molecule has 0 aliphatic heterocycles. The van der Waals surface area contributed by atoms with Gasteiger partial charge in [-0.3, -0.25) is 0 Å². The molecule has 92 valence electrons. The zero-order valence-corrected chi connectivity index (χ0v) is 11.6. The molecule has 1 unspecified atom stereocenters. The highest BCUT2D eigenvalue weighted by Crippen LogP contribution is 2.03. The number of unbranched alkanes of at least 4 members (excludes halogenated alkanes) is 1. The molecule has 2 heteroatoms. The molecule has 2 nitrogen and oxygen atoms in total. The van der Waals surface area contributed by atoms with Gasteiger partial charge < -0.3 is 10.2 Å². The summed E-state index contributed by atoms with van der Waals surface area (Å²) in [5.41, 5.74) is 0.246. The lowest BCUT2D eigenvalue weighted by atomic mass is 10.1. The lowest BCUT2D eigenvalue weighted by molar-refractivity contribution is 0.265.